The fourth-order valence-corrected chi connectivity index (χ4v) is 10.9. The van der Waals surface area contributed by atoms with Crippen molar-refractivity contribution < 1.29 is 38.0 Å². The van der Waals surface area contributed by atoms with E-state index in [2.05, 4.69) is 69.3 Å². The average molecular weight is 663 g/mol. The van der Waals surface area contributed by atoms with Gasteiger partial charge in [-0.25, -0.2) is 4.79 Å². The first-order valence-electron chi connectivity index (χ1n) is 16.2. The zero-order valence-electron chi connectivity index (χ0n) is 28.6. The van der Waals surface area contributed by atoms with Crippen LogP contribution in [-0.2, 0) is 28.1 Å². The third kappa shape index (κ3) is 9.06. The molecule has 1 fully saturated rings. The molecule has 0 radical (unpaired) electrons. The van der Waals surface area contributed by atoms with Crippen molar-refractivity contribution in [3.8, 4) is 0 Å². The standard InChI is InChI=1S/C38H50O8Si/c1-28(46-47(37(2,3)4,30-19-13-9-14-20-30)31-21-15-10-16-22-31)32(42-27-41-7)23-24-33(43-36(40)29-17-11-8-12-18-29)35-34(25-26-39)44-38(5,6)45-35/h8-24,28,32-35,39H,25-27H2,1-7H3/b24-23-/t28-,32+,33?,34-,35+/m0/s1. The number of carbonyl (C=O) groups excluding carboxylic acids is 1. The first kappa shape index (κ1) is 36.7. The summed E-state index contributed by atoms with van der Waals surface area (Å²) >= 11 is 0. The Bertz CT molecular complexity index is 1370. The molecule has 3 aromatic rings. The fraction of sp³-hybridized carbons (Fsp3) is 0.447. The van der Waals surface area contributed by atoms with Crippen LogP contribution in [0.2, 0.25) is 5.04 Å². The summed E-state index contributed by atoms with van der Waals surface area (Å²) in [5, 5.41) is 11.9. The minimum Gasteiger partial charge on any atom is -0.452 e. The van der Waals surface area contributed by atoms with E-state index in [4.69, 9.17) is 28.1 Å². The molecule has 254 valence electrons. The van der Waals surface area contributed by atoms with Crippen LogP contribution in [0.25, 0.3) is 0 Å². The molecule has 4 rings (SSSR count). The van der Waals surface area contributed by atoms with Gasteiger partial charge in [0.05, 0.1) is 17.8 Å². The molecular formula is C38H50O8Si. The second-order valence-corrected chi connectivity index (χ2v) is 17.5. The Morgan fingerprint density at radius 2 is 1.47 bits per heavy atom. The Hall–Kier alpha value is -3.15. The molecule has 1 saturated heterocycles. The van der Waals surface area contributed by atoms with Gasteiger partial charge in [-0.3, -0.25) is 0 Å². The molecule has 3 aromatic carbocycles. The van der Waals surface area contributed by atoms with Crippen molar-refractivity contribution in [1.82, 2.24) is 0 Å². The van der Waals surface area contributed by atoms with Crippen LogP contribution in [0.5, 0.6) is 0 Å². The molecular weight excluding hydrogens is 612 g/mol. The number of carbonyl (C=O) groups is 1. The number of benzene rings is 3. The highest BCUT2D eigenvalue weighted by Crippen LogP contribution is 2.38. The molecule has 0 saturated carbocycles. The van der Waals surface area contributed by atoms with Crippen LogP contribution in [0.4, 0.5) is 0 Å². The summed E-state index contributed by atoms with van der Waals surface area (Å²) < 4.78 is 37.4. The van der Waals surface area contributed by atoms with Crippen molar-refractivity contribution in [2.24, 2.45) is 0 Å². The smallest absolute Gasteiger partial charge is 0.338 e. The first-order valence-corrected chi connectivity index (χ1v) is 18.1. The predicted molar refractivity (Wildman–Crippen MR) is 185 cm³/mol. The molecule has 5 atom stereocenters. The third-order valence-electron chi connectivity index (χ3n) is 8.32. The lowest BCUT2D eigenvalue weighted by atomic mass is 10.0. The fourth-order valence-electron chi connectivity index (χ4n) is 6.22. The molecule has 0 aliphatic carbocycles. The maximum atomic E-state index is 13.3. The minimum absolute atomic E-state index is 0.0289. The van der Waals surface area contributed by atoms with E-state index >= 15 is 0 Å². The molecule has 0 aromatic heterocycles. The molecule has 0 amide bonds. The molecule has 47 heavy (non-hydrogen) atoms. The summed E-state index contributed by atoms with van der Waals surface area (Å²) in [7, 11) is -1.35. The number of aliphatic hydroxyl groups excluding tert-OH is 1. The van der Waals surface area contributed by atoms with Crippen molar-refractivity contribution in [2.75, 3.05) is 20.5 Å². The predicted octanol–water partition coefficient (Wildman–Crippen LogP) is 5.62. The Morgan fingerprint density at radius 3 is 1.98 bits per heavy atom. The van der Waals surface area contributed by atoms with E-state index in [0.717, 1.165) is 10.4 Å². The molecule has 0 bridgehead atoms. The molecule has 1 N–H and O–H groups in total. The van der Waals surface area contributed by atoms with Crippen molar-refractivity contribution in [2.45, 2.75) is 89.3 Å². The van der Waals surface area contributed by atoms with Gasteiger partial charge >= 0.3 is 5.97 Å². The molecule has 1 unspecified atom stereocenters. The van der Waals surface area contributed by atoms with E-state index in [1.807, 2.05) is 45.0 Å². The Morgan fingerprint density at radius 1 is 0.915 bits per heavy atom. The van der Waals surface area contributed by atoms with Gasteiger partial charge in [0.25, 0.3) is 8.32 Å². The lowest BCUT2D eigenvalue weighted by Crippen LogP contribution is -2.68. The van der Waals surface area contributed by atoms with Gasteiger partial charge in [0.1, 0.15) is 25.1 Å². The lowest BCUT2D eigenvalue weighted by Gasteiger charge is -2.45. The van der Waals surface area contributed by atoms with E-state index < -0.39 is 50.6 Å². The molecule has 1 heterocycles. The number of esters is 1. The Kier molecular flexibility index (Phi) is 12.7. The number of hydrogen-bond donors (Lipinski definition) is 1. The number of methoxy groups -OCH3 is 1. The van der Waals surface area contributed by atoms with Crippen LogP contribution in [-0.4, -0.2) is 76.2 Å². The Labute approximate surface area is 280 Å². The first-order chi connectivity index (χ1) is 22.4. The van der Waals surface area contributed by atoms with E-state index in [-0.39, 0.29) is 18.4 Å². The van der Waals surface area contributed by atoms with Gasteiger partial charge in [-0.05, 0) is 60.8 Å². The highest BCUT2D eigenvalue weighted by Gasteiger charge is 2.52. The van der Waals surface area contributed by atoms with E-state index in [1.165, 1.54) is 0 Å². The maximum absolute atomic E-state index is 13.3. The van der Waals surface area contributed by atoms with Crippen LogP contribution in [0, 0.1) is 0 Å². The number of aliphatic hydroxyl groups is 1. The van der Waals surface area contributed by atoms with Crippen LogP contribution < -0.4 is 10.4 Å². The molecule has 1 aliphatic rings. The quantitative estimate of drug-likeness (QED) is 0.0970. The summed E-state index contributed by atoms with van der Waals surface area (Å²) in [5.41, 5.74) is 0.415. The largest absolute Gasteiger partial charge is 0.452 e. The number of rotatable bonds is 15. The molecule has 1 aliphatic heterocycles. The van der Waals surface area contributed by atoms with Crippen molar-refractivity contribution in [3.63, 3.8) is 0 Å². The van der Waals surface area contributed by atoms with Crippen molar-refractivity contribution >= 4 is 24.7 Å². The summed E-state index contributed by atoms with van der Waals surface area (Å²) in [6.07, 6.45) is 0.911. The van der Waals surface area contributed by atoms with Crippen molar-refractivity contribution in [3.05, 3.63) is 109 Å². The second kappa shape index (κ2) is 16.3. The SMILES string of the molecule is COCO[C@H](/C=C\C(OC(=O)c1ccccc1)[C@H]1OC(C)(C)O[C@H]1CCO)[C@H](C)O[Si](c1ccccc1)(c1ccccc1)C(C)(C)C. The zero-order valence-corrected chi connectivity index (χ0v) is 29.6. The molecule has 8 nitrogen and oxygen atoms in total. The van der Waals surface area contributed by atoms with Gasteiger partial charge in [-0.15, -0.1) is 0 Å². The summed E-state index contributed by atoms with van der Waals surface area (Å²) in [6, 6.07) is 29.7. The summed E-state index contributed by atoms with van der Waals surface area (Å²) in [6.45, 7) is 12.2. The number of ether oxygens (including phenoxy) is 5. The highest BCUT2D eigenvalue weighted by molar-refractivity contribution is 6.99. The van der Waals surface area contributed by atoms with Crippen LogP contribution in [0.3, 0.4) is 0 Å². The number of hydrogen-bond acceptors (Lipinski definition) is 8. The highest BCUT2D eigenvalue weighted by atomic mass is 28.4. The van der Waals surface area contributed by atoms with Gasteiger partial charge in [0.15, 0.2) is 5.79 Å². The zero-order chi connectivity index (χ0) is 34.1. The van der Waals surface area contributed by atoms with Crippen LogP contribution in [0.15, 0.2) is 103 Å². The van der Waals surface area contributed by atoms with E-state index in [9.17, 15) is 9.90 Å². The summed E-state index contributed by atoms with van der Waals surface area (Å²) in [5.74, 6) is -1.43. The average Bonchev–Trinajstić information content (AvgIpc) is 3.37. The van der Waals surface area contributed by atoms with Crippen LogP contribution >= 0.6 is 0 Å². The molecule has 9 heteroatoms. The third-order valence-corrected chi connectivity index (χ3v) is 13.5. The topological polar surface area (TPSA) is 92.7 Å². The van der Waals surface area contributed by atoms with Crippen LogP contribution in [0.1, 0.15) is 58.3 Å². The maximum Gasteiger partial charge on any atom is 0.338 e. The van der Waals surface area contributed by atoms with Gasteiger partial charge in [-0.2, -0.15) is 0 Å². The van der Waals surface area contributed by atoms with Gasteiger partial charge in [-0.1, -0.05) is 106 Å². The monoisotopic (exact) mass is 662 g/mol. The minimum atomic E-state index is -2.92. The second-order valence-electron chi connectivity index (χ2n) is 13.3. The van der Waals surface area contributed by atoms with Gasteiger partial charge in [0.2, 0.25) is 0 Å². The van der Waals surface area contributed by atoms with Crippen molar-refractivity contribution in [1.29, 1.82) is 0 Å². The molecule has 0 spiro atoms. The van der Waals surface area contributed by atoms with E-state index in [1.54, 1.807) is 37.5 Å². The summed E-state index contributed by atoms with van der Waals surface area (Å²) in [4.78, 5) is 13.3. The lowest BCUT2D eigenvalue weighted by molar-refractivity contribution is -0.153. The normalized spacial score (nSPS) is 20.2. The van der Waals surface area contributed by atoms with E-state index in [0.29, 0.717) is 12.0 Å². The van der Waals surface area contributed by atoms with Gasteiger partial charge in [0, 0.05) is 13.7 Å². The Balaban J connectivity index is 1.73. The van der Waals surface area contributed by atoms with Gasteiger partial charge < -0.3 is 33.2 Å².